The Hall–Kier alpha value is -1.18. The highest BCUT2D eigenvalue weighted by molar-refractivity contribution is 5.97. The molecule has 0 saturated heterocycles. The molecule has 0 radical (unpaired) electrons. The van der Waals surface area contributed by atoms with Gasteiger partial charge in [0.15, 0.2) is 5.78 Å². The maximum Gasteiger partial charge on any atom is 0.159 e. The van der Waals surface area contributed by atoms with Crippen LogP contribution >= 0.6 is 0 Å². The van der Waals surface area contributed by atoms with Crippen LogP contribution in [0, 0.1) is 34.5 Å². The number of allylic oxidation sites excluding steroid dienone is 4. The third-order valence-electron chi connectivity index (χ3n) is 8.00. The molecule has 2 fully saturated rings. The van der Waals surface area contributed by atoms with Crippen LogP contribution in [-0.2, 0) is 9.59 Å². The van der Waals surface area contributed by atoms with E-state index >= 15 is 0 Å². The second-order valence-electron chi connectivity index (χ2n) is 9.14. The predicted octanol–water partition coefficient (Wildman–Crippen LogP) is 4.89. The van der Waals surface area contributed by atoms with Gasteiger partial charge in [0.05, 0.1) is 0 Å². The third-order valence-corrected chi connectivity index (χ3v) is 8.00. The number of hydrogen-bond donors (Lipinski definition) is 0. The lowest BCUT2D eigenvalue weighted by atomic mass is 9.48. The van der Waals surface area contributed by atoms with E-state index in [2.05, 4.69) is 32.9 Å². The van der Waals surface area contributed by atoms with Crippen LogP contribution in [0.5, 0.6) is 0 Å². The molecule has 2 nitrogen and oxygen atoms in total. The Labute approximate surface area is 145 Å². The lowest BCUT2D eigenvalue weighted by Gasteiger charge is -2.54. The van der Waals surface area contributed by atoms with E-state index in [1.807, 2.05) is 6.08 Å². The molecule has 0 aromatic heterocycles. The molecular formula is C22H30O2. The van der Waals surface area contributed by atoms with Gasteiger partial charge in [0.25, 0.3) is 0 Å². The molecule has 0 aliphatic heterocycles. The highest BCUT2D eigenvalue weighted by Gasteiger charge is 2.62. The highest BCUT2D eigenvalue weighted by atomic mass is 16.1. The molecule has 0 bridgehead atoms. The van der Waals surface area contributed by atoms with Crippen molar-refractivity contribution >= 4 is 11.6 Å². The van der Waals surface area contributed by atoms with Gasteiger partial charge in [-0.15, -0.1) is 0 Å². The van der Waals surface area contributed by atoms with E-state index in [0.29, 0.717) is 17.5 Å². The van der Waals surface area contributed by atoms with Gasteiger partial charge < -0.3 is 0 Å². The molecule has 0 N–H and O–H groups in total. The van der Waals surface area contributed by atoms with Crippen LogP contribution in [0.3, 0.4) is 0 Å². The summed E-state index contributed by atoms with van der Waals surface area (Å²) in [6.07, 6.45) is 13.6. The van der Waals surface area contributed by atoms with Crippen LogP contribution in [0.15, 0.2) is 23.8 Å². The smallest absolute Gasteiger partial charge is 0.159 e. The number of carbonyl (C=O) groups excluding carboxylic acids is 2. The average Bonchev–Trinajstić information content (AvgIpc) is 2.80. The van der Waals surface area contributed by atoms with Gasteiger partial charge in [0.1, 0.15) is 5.78 Å². The summed E-state index contributed by atoms with van der Waals surface area (Å²) in [6, 6.07) is 0. The second kappa shape index (κ2) is 5.41. The molecule has 4 rings (SSSR count). The molecule has 4 aliphatic rings. The van der Waals surface area contributed by atoms with Gasteiger partial charge in [-0.05, 0) is 67.4 Å². The summed E-state index contributed by atoms with van der Waals surface area (Å²) in [4.78, 5) is 26.1. The first-order chi connectivity index (χ1) is 11.4. The minimum Gasteiger partial charge on any atom is -0.299 e. The van der Waals surface area contributed by atoms with Crippen LogP contribution in [-0.4, -0.2) is 11.6 Å². The Kier molecular flexibility index (Phi) is 3.67. The second-order valence-corrected chi connectivity index (χ2v) is 9.14. The summed E-state index contributed by atoms with van der Waals surface area (Å²) in [5, 5.41) is 0. The molecule has 2 heteroatoms. The fourth-order valence-electron chi connectivity index (χ4n) is 6.59. The first-order valence-electron chi connectivity index (χ1n) is 9.88. The Morgan fingerprint density at radius 1 is 1.12 bits per heavy atom. The van der Waals surface area contributed by atoms with Gasteiger partial charge in [-0.3, -0.25) is 9.59 Å². The molecule has 1 unspecified atom stereocenters. The fourth-order valence-corrected chi connectivity index (χ4v) is 6.59. The average molecular weight is 326 g/mol. The van der Waals surface area contributed by atoms with Crippen molar-refractivity contribution in [3.8, 4) is 0 Å². The van der Waals surface area contributed by atoms with Gasteiger partial charge in [-0.1, -0.05) is 39.3 Å². The molecule has 0 aromatic carbocycles. The number of ketones is 2. The zero-order valence-corrected chi connectivity index (χ0v) is 15.3. The van der Waals surface area contributed by atoms with Crippen LogP contribution in [0.2, 0.25) is 0 Å². The summed E-state index contributed by atoms with van der Waals surface area (Å²) >= 11 is 0. The van der Waals surface area contributed by atoms with Crippen molar-refractivity contribution in [3.63, 3.8) is 0 Å². The monoisotopic (exact) mass is 326 g/mol. The Balaban J connectivity index is 1.74. The zero-order valence-electron chi connectivity index (χ0n) is 15.3. The van der Waals surface area contributed by atoms with Crippen LogP contribution in [0.25, 0.3) is 0 Å². The minimum atomic E-state index is -0.247. The quantitative estimate of drug-likeness (QED) is 0.724. The Morgan fingerprint density at radius 3 is 2.67 bits per heavy atom. The number of carbonyl (C=O) groups is 2. The van der Waals surface area contributed by atoms with Crippen molar-refractivity contribution in [1.29, 1.82) is 0 Å². The third kappa shape index (κ3) is 2.01. The Bertz CT molecular complexity index is 642. The standard InChI is InChI=1S/C22H30O2/c1-4-7-14-12-17-19-16(9-11-22(17,3)20(14)24)21(2)10-6-5-8-15(21)13-18(19)23/h5,8,13-14,16-17,19H,4,6-7,9-12H2,1-3H3/t14?,16-,17+,19-,21+,22+/m1/s1. The van der Waals surface area contributed by atoms with E-state index in [9.17, 15) is 9.59 Å². The summed E-state index contributed by atoms with van der Waals surface area (Å²) in [6.45, 7) is 6.70. The van der Waals surface area contributed by atoms with Gasteiger partial charge in [-0.2, -0.15) is 0 Å². The molecule has 130 valence electrons. The fraction of sp³-hybridized carbons (Fsp3) is 0.727. The van der Waals surface area contributed by atoms with Crippen molar-refractivity contribution in [2.45, 2.75) is 65.7 Å². The van der Waals surface area contributed by atoms with E-state index < -0.39 is 0 Å². The topological polar surface area (TPSA) is 34.1 Å². The minimum absolute atomic E-state index is 0.0785. The van der Waals surface area contributed by atoms with E-state index in [1.54, 1.807) is 0 Å². The molecule has 24 heavy (non-hydrogen) atoms. The van der Waals surface area contributed by atoms with E-state index in [0.717, 1.165) is 44.9 Å². The number of Topliss-reactive ketones (excluding diaryl/α,β-unsaturated/α-hetero) is 1. The van der Waals surface area contributed by atoms with E-state index in [1.165, 1.54) is 5.57 Å². The van der Waals surface area contributed by atoms with Crippen molar-refractivity contribution in [2.24, 2.45) is 34.5 Å². The van der Waals surface area contributed by atoms with Crippen LogP contribution < -0.4 is 0 Å². The largest absolute Gasteiger partial charge is 0.299 e. The van der Waals surface area contributed by atoms with Gasteiger partial charge in [0, 0.05) is 17.3 Å². The number of rotatable bonds is 2. The maximum absolute atomic E-state index is 13.1. The predicted molar refractivity (Wildman–Crippen MR) is 95.4 cm³/mol. The molecule has 0 spiro atoms. The molecule has 6 atom stereocenters. The summed E-state index contributed by atoms with van der Waals surface area (Å²) in [5.41, 5.74) is 1.14. The van der Waals surface area contributed by atoms with Gasteiger partial charge in [-0.25, -0.2) is 0 Å². The van der Waals surface area contributed by atoms with Crippen molar-refractivity contribution in [1.82, 2.24) is 0 Å². The van der Waals surface area contributed by atoms with Gasteiger partial charge in [0.2, 0.25) is 0 Å². The lowest BCUT2D eigenvalue weighted by Crippen LogP contribution is -2.52. The lowest BCUT2D eigenvalue weighted by molar-refractivity contribution is -0.139. The Morgan fingerprint density at radius 2 is 1.92 bits per heavy atom. The SMILES string of the molecule is CCCC1C[C@H]2[C@@H]3C(=O)C=C4C=CCC[C@]4(C)[C@@H]3CC[C@]2(C)C1=O. The molecule has 0 amide bonds. The van der Waals surface area contributed by atoms with Crippen molar-refractivity contribution < 1.29 is 9.59 Å². The normalized spacial score (nSPS) is 47.0. The molecule has 0 aromatic rings. The summed E-state index contributed by atoms with van der Waals surface area (Å²) in [7, 11) is 0. The van der Waals surface area contributed by atoms with Gasteiger partial charge >= 0.3 is 0 Å². The number of hydrogen-bond acceptors (Lipinski definition) is 2. The van der Waals surface area contributed by atoms with E-state index in [-0.39, 0.29) is 28.6 Å². The maximum atomic E-state index is 13.1. The first-order valence-corrected chi connectivity index (χ1v) is 9.88. The molecule has 0 heterocycles. The van der Waals surface area contributed by atoms with Crippen LogP contribution in [0.1, 0.15) is 65.7 Å². The summed E-state index contributed by atoms with van der Waals surface area (Å²) in [5.74, 6) is 1.74. The van der Waals surface area contributed by atoms with Crippen molar-refractivity contribution in [3.05, 3.63) is 23.8 Å². The first kappa shape index (κ1) is 16.3. The van der Waals surface area contributed by atoms with Crippen molar-refractivity contribution in [2.75, 3.05) is 0 Å². The molecule has 2 saturated carbocycles. The molecule has 4 aliphatic carbocycles. The number of fused-ring (bicyclic) bond motifs is 5. The highest BCUT2D eigenvalue weighted by Crippen LogP contribution is 2.63. The molecular weight excluding hydrogens is 296 g/mol. The zero-order chi connectivity index (χ0) is 17.1. The summed E-state index contributed by atoms with van der Waals surface area (Å²) < 4.78 is 0. The van der Waals surface area contributed by atoms with E-state index in [4.69, 9.17) is 0 Å². The van der Waals surface area contributed by atoms with Crippen LogP contribution in [0.4, 0.5) is 0 Å².